The predicted octanol–water partition coefficient (Wildman–Crippen LogP) is 9.61. The molecule has 0 bridgehead atoms. The van der Waals surface area contributed by atoms with Crippen LogP contribution in [0.4, 0.5) is 0 Å². The minimum atomic E-state index is 0.982. The third kappa shape index (κ3) is 5.75. The lowest BCUT2D eigenvalue weighted by molar-refractivity contribution is 1.33. The highest BCUT2D eigenvalue weighted by molar-refractivity contribution is 7.99. The molecule has 0 heterocycles. The van der Waals surface area contributed by atoms with E-state index in [-0.39, 0.29) is 0 Å². The van der Waals surface area contributed by atoms with Crippen LogP contribution in [0.2, 0.25) is 0 Å². The average molecular weight is 479 g/mol. The first-order valence-corrected chi connectivity index (χ1v) is 12.8. The summed E-state index contributed by atoms with van der Waals surface area (Å²) in [5.41, 5.74) is 4.88. The highest BCUT2D eigenvalue weighted by atomic mass is 32.2. The first-order chi connectivity index (χ1) is 16.2. The van der Waals surface area contributed by atoms with Crippen molar-refractivity contribution in [2.45, 2.75) is 24.5 Å². The van der Waals surface area contributed by atoms with Crippen molar-refractivity contribution < 1.29 is 0 Å². The van der Waals surface area contributed by atoms with Gasteiger partial charge >= 0.3 is 0 Å². The quantitative estimate of drug-likeness (QED) is 0.241. The molecule has 0 fully saturated rings. The highest BCUT2D eigenvalue weighted by Crippen LogP contribution is 2.33. The molecule has 3 heteroatoms. The summed E-state index contributed by atoms with van der Waals surface area (Å²) in [5, 5.41) is 0. The summed E-state index contributed by atoms with van der Waals surface area (Å²) in [4.78, 5) is 5.99. The summed E-state index contributed by atoms with van der Waals surface area (Å²) in [5.74, 6) is 0. The maximum Gasteiger partial charge on any atom is 0.0123 e. The van der Waals surface area contributed by atoms with Gasteiger partial charge in [0.25, 0.3) is 0 Å². The number of thiol groups is 1. The molecule has 0 aliphatic rings. The molecule has 0 unspecified atom stereocenters. The summed E-state index contributed by atoms with van der Waals surface area (Å²) in [6.07, 6.45) is 0. The Hall–Kier alpha value is -2.85. The van der Waals surface area contributed by atoms with Crippen molar-refractivity contribution in [2.75, 3.05) is 0 Å². The maximum atomic E-state index is 4.37. The van der Waals surface area contributed by atoms with Gasteiger partial charge in [0.2, 0.25) is 0 Å². The van der Waals surface area contributed by atoms with Gasteiger partial charge in [-0.05, 0) is 82.9 Å². The monoisotopic (exact) mass is 478 g/mol. The van der Waals surface area contributed by atoms with Crippen LogP contribution in [0.15, 0.2) is 152 Å². The normalized spacial score (nSPS) is 10.8. The Balaban J connectivity index is 1.23. The Morgan fingerprint density at radius 3 is 1.06 bits per heavy atom. The molecule has 0 aromatic heterocycles. The van der Waals surface area contributed by atoms with Crippen LogP contribution in [0.3, 0.4) is 0 Å². The molecule has 0 saturated heterocycles. The largest absolute Gasteiger partial charge is 0.143 e. The van der Waals surface area contributed by atoms with Crippen LogP contribution >= 0.6 is 36.2 Å². The van der Waals surface area contributed by atoms with E-state index in [1.54, 1.807) is 23.5 Å². The smallest absolute Gasteiger partial charge is 0.0123 e. The van der Waals surface area contributed by atoms with Gasteiger partial charge in [0.05, 0.1) is 0 Å². The van der Waals surface area contributed by atoms with Gasteiger partial charge in [0.15, 0.2) is 0 Å². The second kappa shape index (κ2) is 10.4. The molecule has 160 valence electrons. The summed E-state index contributed by atoms with van der Waals surface area (Å²) in [7, 11) is 0. The second-order valence-electron chi connectivity index (χ2n) is 7.64. The molecule has 0 amide bonds. The highest BCUT2D eigenvalue weighted by Gasteiger charge is 2.03. The summed E-state index contributed by atoms with van der Waals surface area (Å²) < 4.78 is 0. The Morgan fingerprint density at radius 2 is 0.636 bits per heavy atom. The molecule has 0 aliphatic heterocycles. The van der Waals surface area contributed by atoms with Crippen LogP contribution < -0.4 is 0 Å². The second-order valence-corrected chi connectivity index (χ2v) is 10.4. The van der Waals surface area contributed by atoms with Gasteiger partial charge in [-0.1, -0.05) is 90.3 Å². The predicted molar refractivity (Wildman–Crippen MR) is 146 cm³/mol. The molecule has 5 aromatic carbocycles. The molecule has 0 atom stereocenters. The maximum absolute atomic E-state index is 4.37. The van der Waals surface area contributed by atoms with E-state index < -0.39 is 0 Å². The van der Waals surface area contributed by atoms with Gasteiger partial charge in [-0.2, -0.15) is 0 Å². The van der Waals surface area contributed by atoms with Gasteiger partial charge in [-0.15, -0.1) is 12.6 Å². The zero-order valence-corrected chi connectivity index (χ0v) is 20.4. The van der Waals surface area contributed by atoms with Gasteiger partial charge in [-0.3, -0.25) is 0 Å². The summed E-state index contributed by atoms with van der Waals surface area (Å²) in [6.45, 7) is 0. The molecule has 5 aromatic rings. The minimum absolute atomic E-state index is 0.982. The molecule has 33 heavy (non-hydrogen) atoms. The molecule has 0 nitrogen and oxygen atoms in total. The Bertz CT molecular complexity index is 1310. The van der Waals surface area contributed by atoms with Gasteiger partial charge in [0.1, 0.15) is 0 Å². The van der Waals surface area contributed by atoms with Crippen LogP contribution in [0.25, 0.3) is 22.3 Å². The Morgan fingerprint density at radius 1 is 0.333 bits per heavy atom. The molecule has 5 rings (SSSR count). The van der Waals surface area contributed by atoms with E-state index in [2.05, 4.69) is 122 Å². The van der Waals surface area contributed by atoms with Crippen LogP contribution in [-0.4, -0.2) is 0 Å². The number of hydrogen-bond donors (Lipinski definition) is 1. The van der Waals surface area contributed by atoms with E-state index in [0.29, 0.717) is 0 Å². The standard InChI is InChI=1S/C30H22S3/c31-26-14-10-24(11-15-26)22-6-8-23(9-7-22)25-12-16-28(17-13-25)33-30-20-18-29(19-21-30)32-27-4-2-1-3-5-27/h1-21,31H. The van der Waals surface area contributed by atoms with Crippen molar-refractivity contribution in [3.8, 4) is 22.3 Å². The molecule has 0 aliphatic carbocycles. The van der Waals surface area contributed by atoms with Crippen molar-refractivity contribution in [2.24, 2.45) is 0 Å². The number of benzene rings is 5. The SMILES string of the molecule is Sc1ccc(-c2ccc(-c3ccc(Sc4ccc(Sc5ccccc5)cc4)cc3)cc2)cc1. The lowest BCUT2D eigenvalue weighted by Crippen LogP contribution is -1.81. The zero-order chi connectivity index (χ0) is 22.5. The summed E-state index contributed by atoms with van der Waals surface area (Å²) >= 11 is 7.95. The van der Waals surface area contributed by atoms with E-state index in [4.69, 9.17) is 0 Å². The molecule has 0 spiro atoms. The van der Waals surface area contributed by atoms with Crippen molar-refractivity contribution in [1.29, 1.82) is 0 Å². The van der Waals surface area contributed by atoms with Crippen LogP contribution in [0, 0.1) is 0 Å². The molecule has 0 radical (unpaired) electrons. The van der Waals surface area contributed by atoms with E-state index in [0.717, 1.165) is 4.90 Å². The molecule has 0 N–H and O–H groups in total. The average Bonchev–Trinajstić information content (AvgIpc) is 2.87. The molecular weight excluding hydrogens is 457 g/mol. The van der Waals surface area contributed by atoms with Gasteiger partial charge < -0.3 is 0 Å². The van der Waals surface area contributed by atoms with E-state index in [1.165, 1.54) is 41.8 Å². The molecular formula is C30H22S3. The van der Waals surface area contributed by atoms with Crippen molar-refractivity contribution in [1.82, 2.24) is 0 Å². The zero-order valence-electron chi connectivity index (χ0n) is 17.9. The van der Waals surface area contributed by atoms with E-state index >= 15 is 0 Å². The number of rotatable bonds is 6. The Labute approximate surface area is 209 Å². The van der Waals surface area contributed by atoms with Crippen molar-refractivity contribution in [3.05, 3.63) is 127 Å². The van der Waals surface area contributed by atoms with Crippen molar-refractivity contribution in [3.63, 3.8) is 0 Å². The third-order valence-corrected chi connectivity index (χ3v) is 7.64. The van der Waals surface area contributed by atoms with E-state index in [9.17, 15) is 0 Å². The minimum Gasteiger partial charge on any atom is -0.143 e. The topological polar surface area (TPSA) is 0 Å². The Kier molecular flexibility index (Phi) is 6.92. The first-order valence-electron chi connectivity index (χ1n) is 10.7. The molecule has 0 saturated carbocycles. The van der Waals surface area contributed by atoms with Crippen molar-refractivity contribution >= 4 is 36.2 Å². The lowest BCUT2D eigenvalue weighted by Gasteiger charge is -2.07. The van der Waals surface area contributed by atoms with Gasteiger partial charge in [0, 0.05) is 24.5 Å². The fourth-order valence-electron chi connectivity index (χ4n) is 3.56. The van der Waals surface area contributed by atoms with Crippen LogP contribution in [-0.2, 0) is 0 Å². The summed E-state index contributed by atoms with van der Waals surface area (Å²) in [6, 6.07) is 45.1. The van der Waals surface area contributed by atoms with Crippen LogP contribution in [0.5, 0.6) is 0 Å². The first kappa shape index (κ1) is 22.0. The number of hydrogen-bond acceptors (Lipinski definition) is 3. The third-order valence-electron chi connectivity index (χ3n) is 5.31. The van der Waals surface area contributed by atoms with Gasteiger partial charge in [-0.25, -0.2) is 0 Å². The lowest BCUT2D eigenvalue weighted by atomic mass is 10.0. The fourth-order valence-corrected chi connectivity index (χ4v) is 5.36. The fraction of sp³-hybridized carbons (Fsp3) is 0. The van der Waals surface area contributed by atoms with E-state index in [1.807, 2.05) is 18.2 Å². The van der Waals surface area contributed by atoms with Crippen LogP contribution in [0.1, 0.15) is 0 Å².